The Hall–Kier alpha value is -5.50. The Morgan fingerprint density at radius 1 is 0.981 bits per heavy atom. The monoisotopic (exact) mass is 723 g/mol. The Bertz CT molecular complexity index is 2150. The van der Waals surface area contributed by atoms with E-state index in [0.717, 1.165) is 7.11 Å². The van der Waals surface area contributed by atoms with Gasteiger partial charge in [0, 0.05) is 69.0 Å². The van der Waals surface area contributed by atoms with Crippen molar-refractivity contribution in [2.24, 2.45) is 0 Å². The molecule has 0 aliphatic heterocycles. The highest BCUT2D eigenvalue weighted by molar-refractivity contribution is 6.07. The number of ether oxygens (including phenoxy) is 1. The van der Waals surface area contributed by atoms with Gasteiger partial charge in [-0.15, -0.1) is 0 Å². The van der Waals surface area contributed by atoms with Gasteiger partial charge in [0.15, 0.2) is 5.75 Å². The molecule has 0 spiro atoms. The Morgan fingerprint density at radius 2 is 1.62 bits per heavy atom. The van der Waals surface area contributed by atoms with Crippen LogP contribution in [0.15, 0.2) is 45.5 Å². The summed E-state index contributed by atoms with van der Waals surface area (Å²) in [5, 5.41) is 20.4. The molecule has 14 heteroatoms. The van der Waals surface area contributed by atoms with Crippen LogP contribution in [0, 0.1) is 20.8 Å². The third-order valence-electron chi connectivity index (χ3n) is 8.35. The van der Waals surface area contributed by atoms with Gasteiger partial charge < -0.3 is 34.6 Å². The molecule has 1 aromatic carbocycles. The topological polar surface area (TPSA) is 160 Å². The van der Waals surface area contributed by atoms with Gasteiger partial charge in [0.05, 0.1) is 22.9 Å². The maximum Gasteiger partial charge on any atom is 0.255 e. The minimum atomic E-state index is -2.76. The van der Waals surface area contributed by atoms with Crippen LogP contribution in [0.1, 0.15) is 87.7 Å². The van der Waals surface area contributed by atoms with Gasteiger partial charge in [-0.25, -0.2) is 13.3 Å². The number of aliphatic hydroxyl groups is 1. The van der Waals surface area contributed by atoms with Crippen molar-refractivity contribution in [1.29, 1.82) is 0 Å². The van der Waals surface area contributed by atoms with Crippen LogP contribution in [0.2, 0.25) is 0 Å². The molecule has 1 saturated carbocycles. The summed E-state index contributed by atoms with van der Waals surface area (Å²) in [7, 11) is 4.13. The quantitative estimate of drug-likeness (QED) is 0.177. The Labute approximate surface area is 300 Å². The van der Waals surface area contributed by atoms with Crippen LogP contribution in [-0.4, -0.2) is 65.6 Å². The second-order valence-electron chi connectivity index (χ2n) is 11.7. The van der Waals surface area contributed by atoms with E-state index in [-0.39, 0.29) is 24.7 Å². The van der Waals surface area contributed by atoms with Crippen LogP contribution in [0.25, 0.3) is 29.6 Å². The number of halogens is 2. The Morgan fingerprint density at radius 3 is 2.21 bits per heavy atom. The number of nitrogens with zero attached hydrogens (tertiary/aromatic N) is 2. The molecule has 0 saturated heterocycles. The smallest absolute Gasteiger partial charge is 0.255 e. The summed E-state index contributed by atoms with van der Waals surface area (Å²) < 4.78 is 46.1. The third-order valence-corrected chi connectivity index (χ3v) is 8.35. The van der Waals surface area contributed by atoms with Crippen LogP contribution >= 0.6 is 0 Å². The lowest BCUT2D eigenvalue weighted by Crippen LogP contribution is -2.42. The number of fused-ring (bicyclic) bond motifs is 2. The number of hydrogen-bond acceptors (Lipinski definition) is 8. The van der Waals surface area contributed by atoms with Gasteiger partial charge in [0.1, 0.15) is 33.8 Å². The normalized spacial score (nSPS) is 14.5. The van der Waals surface area contributed by atoms with E-state index in [1.807, 2.05) is 13.8 Å². The summed E-state index contributed by atoms with van der Waals surface area (Å²) in [4.78, 5) is 36.4. The number of carbonyl (C=O) groups excluding carboxylic acids is 3. The third kappa shape index (κ3) is 8.86. The molecule has 0 radical (unpaired) electrons. The lowest BCUT2D eigenvalue weighted by Gasteiger charge is -2.29. The number of carbonyl (C=O) groups is 3. The SMILES string of the molecule is C=c1oc(C)c(C(=O)NC)c1=C.CC.CNC(=O)c1c(C)oc2cc(Oc3ccnn4cc(C(=O)NC5CCCC(F)(F)C5)c(C)c34)ccc12.CO. The highest BCUT2D eigenvalue weighted by atomic mass is 19.3. The number of benzene rings is 1. The number of furan rings is 2. The fourth-order valence-corrected chi connectivity index (χ4v) is 5.96. The summed E-state index contributed by atoms with van der Waals surface area (Å²) in [6.45, 7) is 16.5. The molecule has 4 N–H and O–H groups in total. The summed E-state index contributed by atoms with van der Waals surface area (Å²) in [6, 6.07) is 6.29. The van der Waals surface area contributed by atoms with Crippen molar-refractivity contribution >= 4 is 47.4 Å². The largest absolute Gasteiger partial charge is 0.461 e. The van der Waals surface area contributed by atoms with E-state index in [9.17, 15) is 23.2 Å². The van der Waals surface area contributed by atoms with Gasteiger partial charge >= 0.3 is 0 Å². The van der Waals surface area contributed by atoms with Crippen LogP contribution < -0.4 is 31.3 Å². The molecular formula is C38H47F2N5O7. The molecule has 4 aromatic heterocycles. The zero-order valence-electron chi connectivity index (χ0n) is 30.8. The average molecular weight is 724 g/mol. The predicted molar refractivity (Wildman–Crippen MR) is 196 cm³/mol. The van der Waals surface area contributed by atoms with E-state index in [0.29, 0.717) is 85.2 Å². The van der Waals surface area contributed by atoms with E-state index in [1.165, 1.54) is 4.52 Å². The fourth-order valence-electron chi connectivity index (χ4n) is 5.96. The lowest BCUT2D eigenvalue weighted by molar-refractivity contribution is -0.0429. The first-order valence-electron chi connectivity index (χ1n) is 16.8. The van der Waals surface area contributed by atoms with Gasteiger partial charge in [-0.1, -0.05) is 27.0 Å². The Kier molecular flexibility index (Phi) is 13.9. The zero-order valence-corrected chi connectivity index (χ0v) is 30.8. The van der Waals surface area contributed by atoms with Gasteiger partial charge in [0.25, 0.3) is 17.7 Å². The summed E-state index contributed by atoms with van der Waals surface area (Å²) in [6.07, 6.45) is 3.52. The van der Waals surface area contributed by atoms with Gasteiger partial charge in [0.2, 0.25) is 5.92 Å². The highest BCUT2D eigenvalue weighted by Gasteiger charge is 2.37. The zero-order chi connectivity index (χ0) is 38.9. The molecule has 1 fully saturated rings. The number of rotatable bonds is 6. The van der Waals surface area contributed by atoms with E-state index in [4.69, 9.17) is 18.7 Å². The average Bonchev–Trinajstić information content (AvgIpc) is 3.73. The number of nitrogens with one attached hydrogen (secondary N) is 3. The van der Waals surface area contributed by atoms with Crippen molar-refractivity contribution in [2.75, 3.05) is 21.2 Å². The van der Waals surface area contributed by atoms with E-state index >= 15 is 0 Å². The van der Waals surface area contributed by atoms with E-state index < -0.39 is 17.9 Å². The standard InChI is InChI=1S/C26H26F2N4O4.C9H11NO2.C2H6.CH4O/c1-14-19(24(33)31-16-5-4-9-26(27,28)12-16)13-32-23(14)20(8-10-30-32)36-17-6-7-18-21(11-17)35-15(2)22(18)25(34)29-3;1-5-6(2)12-7(3)8(5)9(11)10-4;2*1-2/h6-8,10-11,13,16H,4-5,9,12H2,1-3H3,(H,29,34)(H,31,33);1-2H2,3-4H3,(H,10,11);1-2H3;2H,1H3. The molecule has 4 heterocycles. The molecule has 1 atom stereocenters. The first-order chi connectivity index (χ1) is 24.7. The number of aliphatic hydroxyl groups excluding tert-OH is 1. The van der Waals surface area contributed by atoms with Crippen LogP contribution in [0.3, 0.4) is 0 Å². The molecule has 6 rings (SSSR count). The van der Waals surface area contributed by atoms with Gasteiger partial charge in [-0.05, 0) is 51.3 Å². The molecular weight excluding hydrogens is 676 g/mol. The van der Waals surface area contributed by atoms with E-state index in [2.05, 4.69) is 34.2 Å². The number of aryl methyl sites for hydroxylation is 3. The van der Waals surface area contributed by atoms with Gasteiger partial charge in [-0.3, -0.25) is 14.4 Å². The van der Waals surface area contributed by atoms with Crippen molar-refractivity contribution in [1.82, 2.24) is 25.6 Å². The predicted octanol–water partition coefficient (Wildman–Crippen LogP) is 5.56. The van der Waals surface area contributed by atoms with Crippen molar-refractivity contribution in [3.63, 3.8) is 0 Å². The molecule has 1 unspecified atom stereocenters. The second kappa shape index (κ2) is 17.6. The lowest BCUT2D eigenvalue weighted by atomic mass is 9.92. The molecule has 3 amide bonds. The van der Waals surface area contributed by atoms with Crippen LogP contribution in [-0.2, 0) is 0 Å². The highest BCUT2D eigenvalue weighted by Crippen LogP contribution is 2.35. The Balaban J connectivity index is 0.000000383. The molecule has 1 aliphatic carbocycles. The maximum atomic E-state index is 13.8. The number of alkyl halides is 2. The van der Waals surface area contributed by atoms with Crippen LogP contribution in [0.5, 0.6) is 11.5 Å². The number of amides is 3. The minimum absolute atomic E-state index is 0.143. The molecule has 12 nitrogen and oxygen atoms in total. The molecule has 0 bridgehead atoms. The number of hydrogen-bond donors (Lipinski definition) is 4. The van der Waals surface area contributed by atoms with E-state index in [1.54, 1.807) is 71.5 Å². The molecule has 1 aliphatic rings. The van der Waals surface area contributed by atoms with Crippen molar-refractivity contribution in [2.45, 2.75) is 72.3 Å². The summed E-state index contributed by atoms with van der Waals surface area (Å²) in [5.74, 6) is -1.59. The first-order valence-corrected chi connectivity index (χ1v) is 16.8. The first kappa shape index (κ1) is 40.9. The van der Waals surface area contributed by atoms with Crippen LogP contribution in [0.4, 0.5) is 8.78 Å². The summed E-state index contributed by atoms with van der Waals surface area (Å²) in [5.41, 5.74) is 3.46. The molecule has 5 aromatic rings. The van der Waals surface area contributed by atoms with Crippen molar-refractivity contribution in [3.05, 3.63) is 81.1 Å². The maximum absolute atomic E-state index is 13.8. The second-order valence-corrected chi connectivity index (χ2v) is 11.7. The minimum Gasteiger partial charge on any atom is -0.461 e. The van der Waals surface area contributed by atoms with Crippen molar-refractivity contribution in [3.8, 4) is 11.5 Å². The molecule has 52 heavy (non-hydrogen) atoms. The summed E-state index contributed by atoms with van der Waals surface area (Å²) >= 11 is 0. The molecule has 280 valence electrons. The number of aromatic nitrogens is 2. The fraction of sp³-hybridized carbons (Fsp3) is 0.368. The van der Waals surface area contributed by atoms with Gasteiger partial charge in [-0.2, -0.15) is 5.10 Å². The van der Waals surface area contributed by atoms with Crippen molar-refractivity contribution < 1.29 is 41.8 Å².